The van der Waals surface area contributed by atoms with Crippen LogP contribution in [0.4, 0.5) is 4.79 Å². The van der Waals surface area contributed by atoms with E-state index in [2.05, 4.69) is 6.92 Å². The summed E-state index contributed by atoms with van der Waals surface area (Å²) in [6.07, 6.45) is 5.50. The van der Waals surface area contributed by atoms with Gasteiger partial charge in [-0.2, -0.15) is 0 Å². The molecule has 0 amide bonds. The van der Waals surface area contributed by atoms with Crippen LogP contribution in [0.1, 0.15) is 52.4 Å². The van der Waals surface area contributed by atoms with Crippen LogP contribution in [-0.4, -0.2) is 25.6 Å². The lowest BCUT2D eigenvalue weighted by molar-refractivity contribution is 0.166. The fraction of sp³-hybridized carbons (Fsp3) is 0.917. The van der Waals surface area contributed by atoms with Gasteiger partial charge in [0.2, 0.25) is 0 Å². The van der Waals surface area contributed by atoms with E-state index in [0.29, 0.717) is 12.3 Å². The van der Waals surface area contributed by atoms with Crippen LogP contribution in [0.2, 0.25) is 0 Å². The van der Waals surface area contributed by atoms with E-state index in [-0.39, 0.29) is 6.61 Å². The third-order valence-electron chi connectivity index (χ3n) is 3.11. The van der Waals surface area contributed by atoms with Gasteiger partial charge in [-0.15, -0.1) is 0 Å². The molecular formula is C12H22O4S. The highest BCUT2D eigenvalue weighted by molar-refractivity contribution is 8.06. The number of rotatable bonds is 7. The van der Waals surface area contributed by atoms with Crippen LogP contribution in [0, 0.1) is 5.92 Å². The molecule has 0 spiro atoms. The SMILES string of the molecule is CCCCCC(C)S(=O)(=O)C(=O)OCC1CC1. The summed E-state index contributed by atoms with van der Waals surface area (Å²) in [6, 6.07) is 0. The van der Waals surface area contributed by atoms with E-state index in [9.17, 15) is 13.2 Å². The summed E-state index contributed by atoms with van der Waals surface area (Å²) in [4.78, 5) is 11.5. The topological polar surface area (TPSA) is 60.4 Å². The zero-order valence-electron chi connectivity index (χ0n) is 10.6. The van der Waals surface area contributed by atoms with E-state index in [4.69, 9.17) is 4.74 Å². The molecule has 0 aromatic carbocycles. The first-order valence-electron chi connectivity index (χ1n) is 6.39. The molecule has 1 aliphatic carbocycles. The van der Waals surface area contributed by atoms with E-state index in [1.54, 1.807) is 6.92 Å². The Balaban J connectivity index is 2.37. The molecule has 17 heavy (non-hydrogen) atoms. The maximum atomic E-state index is 11.8. The predicted octanol–water partition coefficient (Wildman–Crippen LogP) is 2.92. The van der Waals surface area contributed by atoms with Crippen LogP contribution < -0.4 is 0 Å². The number of unbranched alkanes of at least 4 members (excludes halogenated alkanes) is 2. The lowest BCUT2D eigenvalue weighted by Gasteiger charge is -2.11. The standard InChI is InChI=1S/C12H22O4S/c1-3-4-5-6-10(2)17(14,15)12(13)16-9-11-7-8-11/h10-11H,3-9H2,1-2H3. The Morgan fingerprint density at radius 2 is 2.00 bits per heavy atom. The molecule has 1 unspecified atom stereocenters. The van der Waals surface area contributed by atoms with E-state index >= 15 is 0 Å². The van der Waals surface area contributed by atoms with Crippen molar-refractivity contribution in [1.82, 2.24) is 0 Å². The monoisotopic (exact) mass is 262 g/mol. The molecule has 5 heteroatoms. The quantitative estimate of drug-likeness (QED) is 0.523. The minimum Gasteiger partial charge on any atom is -0.454 e. The zero-order chi connectivity index (χ0) is 12.9. The second-order valence-corrected chi connectivity index (χ2v) is 7.08. The van der Waals surface area contributed by atoms with Crippen LogP contribution in [-0.2, 0) is 14.6 Å². The molecule has 0 aromatic heterocycles. The third-order valence-corrected chi connectivity index (χ3v) is 4.99. The first-order valence-corrected chi connectivity index (χ1v) is 7.93. The van der Waals surface area contributed by atoms with Crippen molar-refractivity contribution < 1.29 is 17.9 Å². The van der Waals surface area contributed by atoms with Gasteiger partial charge in [-0.3, -0.25) is 0 Å². The van der Waals surface area contributed by atoms with Crippen molar-refractivity contribution in [2.24, 2.45) is 5.92 Å². The Kier molecular flexibility index (Phi) is 5.43. The van der Waals surface area contributed by atoms with Crippen LogP contribution >= 0.6 is 0 Å². The van der Waals surface area contributed by atoms with Crippen molar-refractivity contribution in [3.63, 3.8) is 0 Å². The Labute approximate surface area is 104 Å². The molecular weight excluding hydrogens is 240 g/mol. The van der Waals surface area contributed by atoms with E-state index in [1.807, 2.05) is 0 Å². The van der Waals surface area contributed by atoms with Crippen LogP contribution in [0.15, 0.2) is 0 Å². The summed E-state index contributed by atoms with van der Waals surface area (Å²) < 4.78 is 28.4. The lowest BCUT2D eigenvalue weighted by atomic mass is 10.2. The first-order chi connectivity index (χ1) is 7.98. The maximum absolute atomic E-state index is 11.8. The van der Waals surface area contributed by atoms with Crippen LogP contribution in [0.25, 0.3) is 0 Å². The fourth-order valence-electron chi connectivity index (χ4n) is 1.55. The highest BCUT2D eigenvalue weighted by Gasteiger charge is 2.32. The maximum Gasteiger partial charge on any atom is 0.425 e. The Hall–Kier alpha value is -0.580. The van der Waals surface area contributed by atoms with Gasteiger partial charge in [0.05, 0.1) is 11.9 Å². The predicted molar refractivity (Wildman–Crippen MR) is 66.6 cm³/mol. The van der Waals surface area contributed by atoms with Gasteiger partial charge in [0, 0.05) is 0 Å². The molecule has 4 nitrogen and oxygen atoms in total. The first kappa shape index (κ1) is 14.5. The normalized spacial score (nSPS) is 17.8. The van der Waals surface area contributed by atoms with E-state index < -0.39 is 20.4 Å². The summed E-state index contributed by atoms with van der Waals surface area (Å²) in [7, 11) is -3.75. The second-order valence-electron chi connectivity index (χ2n) is 4.86. The van der Waals surface area contributed by atoms with Crippen molar-refractivity contribution >= 4 is 15.1 Å². The lowest BCUT2D eigenvalue weighted by Crippen LogP contribution is -2.27. The second kappa shape index (κ2) is 6.38. The Morgan fingerprint density at radius 1 is 1.35 bits per heavy atom. The minimum atomic E-state index is -3.75. The van der Waals surface area contributed by atoms with Gasteiger partial charge >= 0.3 is 5.30 Å². The largest absolute Gasteiger partial charge is 0.454 e. The van der Waals surface area contributed by atoms with Gasteiger partial charge < -0.3 is 4.74 Å². The number of hydrogen-bond acceptors (Lipinski definition) is 4. The van der Waals surface area contributed by atoms with Crippen molar-refractivity contribution in [2.75, 3.05) is 6.61 Å². The molecule has 0 N–H and O–H groups in total. The highest BCUT2D eigenvalue weighted by atomic mass is 32.2. The molecule has 0 bridgehead atoms. The number of carbonyl (C=O) groups is 1. The van der Waals surface area contributed by atoms with Crippen molar-refractivity contribution in [1.29, 1.82) is 0 Å². The van der Waals surface area contributed by atoms with E-state index in [0.717, 1.165) is 32.1 Å². The zero-order valence-corrected chi connectivity index (χ0v) is 11.5. The summed E-state index contributed by atoms with van der Waals surface area (Å²) >= 11 is 0. The minimum absolute atomic E-state index is 0.264. The third kappa shape index (κ3) is 4.66. The van der Waals surface area contributed by atoms with Gasteiger partial charge in [0.25, 0.3) is 9.84 Å². The number of carbonyl (C=O) groups excluding carboxylic acids is 1. The van der Waals surface area contributed by atoms with Crippen LogP contribution in [0.3, 0.4) is 0 Å². The summed E-state index contributed by atoms with van der Waals surface area (Å²) in [5, 5.41) is -1.66. The number of sulfone groups is 1. The molecule has 0 saturated heterocycles. The van der Waals surface area contributed by atoms with Gasteiger partial charge in [-0.25, -0.2) is 13.2 Å². The van der Waals surface area contributed by atoms with Gasteiger partial charge in [0.15, 0.2) is 0 Å². The summed E-state index contributed by atoms with van der Waals surface area (Å²) in [5.74, 6) is 0.393. The summed E-state index contributed by atoms with van der Waals surface area (Å²) in [6.45, 7) is 3.91. The van der Waals surface area contributed by atoms with Gasteiger partial charge in [0.1, 0.15) is 0 Å². The van der Waals surface area contributed by atoms with Gasteiger partial charge in [-0.1, -0.05) is 26.2 Å². The smallest absolute Gasteiger partial charge is 0.425 e. The molecule has 0 radical (unpaired) electrons. The molecule has 1 rings (SSSR count). The fourth-order valence-corrected chi connectivity index (χ4v) is 2.59. The van der Waals surface area contributed by atoms with Crippen molar-refractivity contribution in [3.05, 3.63) is 0 Å². The van der Waals surface area contributed by atoms with E-state index in [1.165, 1.54) is 0 Å². The molecule has 1 saturated carbocycles. The number of ether oxygens (including phenoxy) is 1. The highest BCUT2D eigenvalue weighted by Crippen LogP contribution is 2.29. The molecule has 1 aliphatic rings. The van der Waals surface area contributed by atoms with Crippen molar-refractivity contribution in [3.8, 4) is 0 Å². The molecule has 100 valence electrons. The molecule has 0 heterocycles. The van der Waals surface area contributed by atoms with Crippen LogP contribution in [0.5, 0.6) is 0 Å². The molecule has 1 fully saturated rings. The average molecular weight is 262 g/mol. The Morgan fingerprint density at radius 3 is 2.53 bits per heavy atom. The average Bonchev–Trinajstić information content (AvgIpc) is 3.09. The molecule has 1 atom stereocenters. The van der Waals surface area contributed by atoms with Gasteiger partial charge in [-0.05, 0) is 32.1 Å². The summed E-state index contributed by atoms with van der Waals surface area (Å²) in [5.41, 5.74) is 0. The van der Waals surface area contributed by atoms with Crippen molar-refractivity contribution in [2.45, 2.75) is 57.6 Å². The molecule has 0 aliphatic heterocycles. The number of hydrogen-bond donors (Lipinski definition) is 0. The Bertz CT molecular complexity index is 344. The molecule has 0 aromatic rings.